The van der Waals surface area contributed by atoms with Crippen molar-refractivity contribution in [2.45, 2.75) is 43.5 Å². The zero-order chi connectivity index (χ0) is 7.23. The highest BCUT2D eigenvalue weighted by atomic mass is 32.2. The van der Waals surface area contributed by atoms with Crippen LogP contribution < -0.4 is 0 Å². The van der Waals surface area contributed by atoms with Crippen LogP contribution in [0.2, 0.25) is 12.1 Å². The molecule has 1 fully saturated rings. The van der Waals surface area contributed by atoms with Crippen molar-refractivity contribution in [2.24, 2.45) is 0 Å². The summed E-state index contributed by atoms with van der Waals surface area (Å²) in [5, 5.41) is 1.13. The Labute approximate surface area is 71.0 Å². The largest absolute Gasteiger partial charge is 0.157 e. The van der Waals surface area contributed by atoms with Gasteiger partial charge in [-0.2, -0.15) is 11.8 Å². The van der Waals surface area contributed by atoms with Crippen LogP contribution in [0, 0.1) is 0 Å². The van der Waals surface area contributed by atoms with Crippen molar-refractivity contribution in [1.82, 2.24) is 0 Å². The maximum atomic E-state index is 2.29. The van der Waals surface area contributed by atoms with Crippen LogP contribution in [-0.4, -0.2) is 20.5 Å². The molecule has 0 spiro atoms. The van der Waals surface area contributed by atoms with Crippen LogP contribution in [0.3, 0.4) is 0 Å². The minimum Gasteiger partial charge on any atom is -0.157 e. The van der Waals surface area contributed by atoms with Gasteiger partial charge in [-0.05, 0) is 0 Å². The first-order chi connectivity index (χ1) is 4.93. The van der Waals surface area contributed by atoms with Gasteiger partial charge in [0.05, 0.1) is 0 Å². The second kappa shape index (κ2) is 5.25. The van der Waals surface area contributed by atoms with Gasteiger partial charge < -0.3 is 0 Å². The quantitative estimate of drug-likeness (QED) is 0.338. The molecule has 0 amide bonds. The van der Waals surface area contributed by atoms with E-state index in [1.807, 2.05) is 0 Å². The third-order valence-corrected chi connectivity index (χ3v) is 5.60. The molecule has 1 unspecified atom stereocenters. The lowest BCUT2D eigenvalue weighted by Crippen LogP contribution is -1.93. The molecular weight excluding hydrogens is 156 g/mol. The van der Waals surface area contributed by atoms with Crippen LogP contribution in [-0.2, 0) is 0 Å². The zero-order valence-electron chi connectivity index (χ0n) is 6.94. The number of unbranched alkanes of at least 4 members (excludes halogenated alkanes) is 2. The van der Waals surface area contributed by atoms with Crippen molar-refractivity contribution >= 4 is 21.3 Å². The number of rotatable bonds is 6. The molecule has 0 saturated carbocycles. The molecule has 1 rings (SSSR count). The fraction of sp³-hybridized carbons (Fsp3) is 1.00. The van der Waals surface area contributed by atoms with Crippen molar-refractivity contribution in [2.75, 3.05) is 5.75 Å². The molecule has 1 aliphatic rings. The van der Waals surface area contributed by atoms with Crippen LogP contribution in [0.25, 0.3) is 0 Å². The third kappa shape index (κ3) is 4.39. The van der Waals surface area contributed by atoms with Gasteiger partial charge in [-0.1, -0.05) is 38.3 Å². The Morgan fingerprint density at radius 1 is 1.50 bits per heavy atom. The summed E-state index contributed by atoms with van der Waals surface area (Å²) in [6.45, 7) is 2.29. The molecule has 60 valence electrons. The van der Waals surface area contributed by atoms with Crippen molar-refractivity contribution in [3.05, 3.63) is 0 Å². The lowest BCUT2D eigenvalue weighted by atomic mass is 10.3. The smallest absolute Gasteiger partial charge is 0.0210 e. The van der Waals surface area contributed by atoms with E-state index in [1.54, 1.807) is 12.1 Å². The van der Waals surface area contributed by atoms with E-state index in [0.717, 1.165) is 5.25 Å². The van der Waals surface area contributed by atoms with Crippen molar-refractivity contribution in [3.8, 4) is 0 Å². The van der Waals surface area contributed by atoms with Crippen LogP contribution in [0.5, 0.6) is 0 Å². The molecule has 1 heterocycles. The van der Waals surface area contributed by atoms with Crippen molar-refractivity contribution < 1.29 is 0 Å². The zero-order valence-corrected chi connectivity index (χ0v) is 9.17. The average Bonchev–Trinajstić information content (AvgIpc) is 2.71. The summed E-state index contributed by atoms with van der Waals surface area (Å²) in [5.41, 5.74) is 0. The van der Waals surface area contributed by atoms with E-state index in [1.165, 1.54) is 25.0 Å². The van der Waals surface area contributed by atoms with E-state index in [4.69, 9.17) is 0 Å². The Hall–Kier alpha value is 0.567. The first-order valence-corrected chi connectivity index (χ1v) is 7.60. The molecule has 0 aromatic carbocycles. The van der Waals surface area contributed by atoms with Gasteiger partial charge in [0.25, 0.3) is 0 Å². The molecule has 2 heteroatoms. The van der Waals surface area contributed by atoms with Gasteiger partial charge in [-0.15, -0.1) is 0 Å². The number of hydrogen-bond donors (Lipinski definition) is 0. The molecule has 0 aromatic rings. The van der Waals surface area contributed by atoms with Gasteiger partial charge in [0.1, 0.15) is 0 Å². The molecule has 0 N–H and O–H groups in total. The maximum absolute atomic E-state index is 2.29. The van der Waals surface area contributed by atoms with E-state index in [-0.39, 0.29) is 0 Å². The third-order valence-electron chi connectivity index (χ3n) is 2.03. The monoisotopic (exact) mass is 174 g/mol. The summed E-state index contributed by atoms with van der Waals surface area (Å²) in [5.74, 6) is 1.49. The van der Waals surface area contributed by atoms with E-state index >= 15 is 0 Å². The summed E-state index contributed by atoms with van der Waals surface area (Å²) in [6.07, 6.45) is 4.40. The SMILES string of the molecule is CCCCC[SiH2]CC1CS1. The van der Waals surface area contributed by atoms with Gasteiger partial charge in [-0.3, -0.25) is 0 Å². The van der Waals surface area contributed by atoms with Gasteiger partial charge in [-0.25, -0.2) is 0 Å². The van der Waals surface area contributed by atoms with E-state index in [2.05, 4.69) is 18.7 Å². The fourth-order valence-corrected chi connectivity index (χ4v) is 4.63. The Morgan fingerprint density at radius 2 is 2.30 bits per heavy atom. The molecule has 0 aliphatic carbocycles. The Balaban J connectivity index is 1.68. The first kappa shape index (κ1) is 8.66. The molecule has 1 atom stereocenters. The van der Waals surface area contributed by atoms with Gasteiger partial charge in [0, 0.05) is 20.5 Å². The molecule has 1 aliphatic heterocycles. The standard InChI is InChI=1S/C8H18SSi/c1-2-3-4-5-10-7-8-6-9-8/h8H,2-7,10H2,1H3. The minimum atomic E-state index is 0.385. The van der Waals surface area contributed by atoms with Gasteiger partial charge in [0.2, 0.25) is 0 Å². The molecule has 0 nitrogen and oxygen atoms in total. The Morgan fingerprint density at radius 3 is 2.90 bits per heavy atom. The van der Waals surface area contributed by atoms with Crippen molar-refractivity contribution in [1.29, 1.82) is 0 Å². The summed E-state index contributed by atoms with van der Waals surface area (Å²) in [6, 6.07) is 3.25. The number of thioether (sulfide) groups is 1. The summed E-state index contributed by atoms with van der Waals surface area (Å²) < 4.78 is 0. The highest BCUT2D eigenvalue weighted by Gasteiger charge is 2.20. The highest BCUT2D eigenvalue weighted by Crippen LogP contribution is 2.33. The maximum Gasteiger partial charge on any atom is 0.0210 e. The Kier molecular flexibility index (Phi) is 4.55. The summed E-state index contributed by atoms with van der Waals surface area (Å²) >= 11 is 2.17. The first-order valence-electron chi connectivity index (χ1n) is 4.55. The van der Waals surface area contributed by atoms with E-state index in [9.17, 15) is 0 Å². The van der Waals surface area contributed by atoms with Crippen molar-refractivity contribution in [3.63, 3.8) is 0 Å². The predicted octanol–water partition coefficient (Wildman–Crippen LogP) is 2.30. The normalized spacial score (nSPS) is 24.3. The average molecular weight is 174 g/mol. The Bertz CT molecular complexity index is 81.3. The lowest BCUT2D eigenvalue weighted by molar-refractivity contribution is 0.767. The second-order valence-corrected chi connectivity index (χ2v) is 6.48. The summed E-state index contributed by atoms with van der Waals surface area (Å²) in [4.78, 5) is 0. The minimum absolute atomic E-state index is 0.385. The molecule has 1 saturated heterocycles. The lowest BCUT2D eigenvalue weighted by Gasteiger charge is -1.95. The van der Waals surface area contributed by atoms with E-state index < -0.39 is 0 Å². The van der Waals surface area contributed by atoms with E-state index in [0.29, 0.717) is 9.52 Å². The second-order valence-electron chi connectivity index (χ2n) is 3.16. The summed E-state index contributed by atoms with van der Waals surface area (Å²) in [7, 11) is 0.385. The fourth-order valence-electron chi connectivity index (χ4n) is 1.21. The topological polar surface area (TPSA) is 0 Å². The molecule has 0 bridgehead atoms. The predicted molar refractivity (Wildman–Crippen MR) is 53.9 cm³/mol. The van der Waals surface area contributed by atoms with Crippen LogP contribution in [0.15, 0.2) is 0 Å². The van der Waals surface area contributed by atoms with Gasteiger partial charge >= 0.3 is 0 Å². The van der Waals surface area contributed by atoms with Crippen LogP contribution in [0.1, 0.15) is 26.2 Å². The molecule has 10 heavy (non-hydrogen) atoms. The van der Waals surface area contributed by atoms with Crippen LogP contribution in [0.4, 0.5) is 0 Å². The van der Waals surface area contributed by atoms with Gasteiger partial charge in [0.15, 0.2) is 0 Å². The number of hydrogen-bond acceptors (Lipinski definition) is 1. The van der Waals surface area contributed by atoms with Crippen LogP contribution >= 0.6 is 11.8 Å². The molecule has 0 radical (unpaired) electrons. The molecular formula is C8H18SSi. The molecule has 0 aromatic heterocycles. The highest BCUT2D eigenvalue weighted by molar-refractivity contribution is 8.07.